The number of anilines is 9. The fourth-order valence-electron chi connectivity index (χ4n) is 14.8. The molecule has 0 aliphatic rings. The van der Waals surface area contributed by atoms with Crippen LogP contribution in [-0.2, 0) is 0 Å². The number of aryl methyl sites for hydroxylation is 2. The van der Waals surface area contributed by atoms with E-state index in [9.17, 15) is 0 Å². The Labute approximate surface area is 554 Å². The Balaban J connectivity index is 0.000000148. The van der Waals surface area contributed by atoms with Crippen molar-refractivity contribution in [3.8, 4) is 11.1 Å². The zero-order valence-corrected chi connectivity index (χ0v) is 52.8. The Morgan fingerprint density at radius 3 is 0.823 bits per heavy atom. The van der Waals surface area contributed by atoms with E-state index in [1.54, 1.807) is 0 Å². The first kappa shape index (κ1) is 56.1. The molecule has 0 fully saturated rings. The van der Waals surface area contributed by atoms with E-state index in [0.717, 1.165) is 139 Å². The molecule has 0 radical (unpaired) electrons. The van der Waals surface area contributed by atoms with Crippen LogP contribution in [0.15, 0.2) is 347 Å². The first-order valence-electron chi connectivity index (χ1n) is 32.7. The maximum atomic E-state index is 6.76. The molecule has 0 amide bonds. The lowest BCUT2D eigenvalue weighted by molar-refractivity contribution is 0.668. The van der Waals surface area contributed by atoms with Gasteiger partial charge in [0.25, 0.3) is 0 Å². The minimum Gasteiger partial charge on any atom is -0.454 e. The van der Waals surface area contributed by atoms with Crippen molar-refractivity contribution >= 4 is 160 Å². The van der Waals surface area contributed by atoms with Crippen molar-refractivity contribution in [3.63, 3.8) is 0 Å². The highest BCUT2D eigenvalue weighted by Crippen LogP contribution is 2.55. The molecule has 3 heterocycles. The van der Waals surface area contributed by atoms with E-state index >= 15 is 0 Å². The number of hydrogen-bond acceptors (Lipinski definition) is 6. The van der Waals surface area contributed by atoms with Crippen LogP contribution < -0.4 is 14.7 Å². The third kappa shape index (κ3) is 9.25. The summed E-state index contributed by atoms with van der Waals surface area (Å²) in [5.74, 6) is 0. The minimum atomic E-state index is 0.852. The number of benzene rings is 16. The SMILES string of the molecule is Cc1cccc(N(c2c3ccccc3c(N(c3cccc(C)c3)c3cccc4c3oc3ccccc34)c3ccccc23)c2cccc3c2oc2ccccc23)c1.c1ccc(-c2c3ccccc3c(N(c3ccccc3)c3cccc4c3oc3ccccc34)c3ccccc23)cc1. The number of hydrogen-bond donors (Lipinski definition) is 0. The van der Waals surface area contributed by atoms with E-state index in [0.29, 0.717) is 0 Å². The molecule has 19 rings (SSSR count). The predicted molar refractivity (Wildman–Crippen MR) is 404 cm³/mol. The van der Waals surface area contributed by atoms with Gasteiger partial charge in [-0.15, -0.1) is 0 Å². The van der Waals surface area contributed by atoms with Crippen LogP contribution in [0.2, 0.25) is 0 Å². The van der Waals surface area contributed by atoms with Crippen molar-refractivity contribution in [1.82, 2.24) is 0 Å². The van der Waals surface area contributed by atoms with E-state index in [4.69, 9.17) is 13.3 Å². The molecule has 0 N–H and O–H groups in total. The lowest BCUT2D eigenvalue weighted by Gasteiger charge is -2.33. The number of rotatable bonds is 10. The van der Waals surface area contributed by atoms with Gasteiger partial charge in [-0.05, 0) is 120 Å². The molecule has 0 saturated heterocycles. The van der Waals surface area contributed by atoms with Crippen LogP contribution >= 0.6 is 0 Å². The van der Waals surface area contributed by atoms with Crippen LogP contribution in [0, 0.1) is 13.8 Å². The molecule has 0 saturated carbocycles. The second-order valence-corrected chi connectivity index (χ2v) is 24.7. The summed E-state index contributed by atoms with van der Waals surface area (Å²) in [6.07, 6.45) is 0. The Hall–Kier alpha value is -12.6. The fraction of sp³-hybridized carbons (Fsp3) is 0.0222. The molecular formula is C90H61N3O3. The van der Waals surface area contributed by atoms with Crippen molar-refractivity contribution < 1.29 is 13.3 Å². The summed E-state index contributed by atoms with van der Waals surface area (Å²) in [7, 11) is 0. The second kappa shape index (κ2) is 23.2. The Kier molecular flexibility index (Phi) is 13.6. The van der Waals surface area contributed by atoms with Crippen LogP contribution in [-0.4, -0.2) is 0 Å². The van der Waals surface area contributed by atoms with E-state index in [1.807, 2.05) is 24.3 Å². The summed E-state index contributed by atoms with van der Waals surface area (Å²) in [4.78, 5) is 7.19. The molecule has 0 aliphatic heterocycles. The second-order valence-electron chi connectivity index (χ2n) is 24.7. The molecule has 454 valence electrons. The number of nitrogens with zero attached hydrogens (tertiary/aromatic N) is 3. The van der Waals surface area contributed by atoms with Crippen LogP contribution in [0.5, 0.6) is 0 Å². The summed E-state index contributed by atoms with van der Waals surface area (Å²) in [6, 6.07) is 118. The monoisotopic (exact) mass is 1230 g/mol. The van der Waals surface area contributed by atoms with Gasteiger partial charge in [-0.1, -0.05) is 261 Å². The van der Waals surface area contributed by atoms with E-state index in [2.05, 4.69) is 338 Å². The van der Waals surface area contributed by atoms with Gasteiger partial charge in [0, 0.05) is 81.7 Å². The largest absolute Gasteiger partial charge is 0.454 e. The van der Waals surface area contributed by atoms with E-state index in [-0.39, 0.29) is 0 Å². The number of fused-ring (bicyclic) bond motifs is 13. The van der Waals surface area contributed by atoms with Crippen molar-refractivity contribution in [3.05, 3.63) is 345 Å². The third-order valence-corrected chi connectivity index (χ3v) is 18.9. The average Bonchev–Trinajstić information content (AvgIpc) is 1.51. The van der Waals surface area contributed by atoms with Gasteiger partial charge in [0.1, 0.15) is 16.7 Å². The molecule has 6 nitrogen and oxygen atoms in total. The number of para-hydroxylation sites is 7. The summed E-state index contributed by atoms with van der Waals surface area (Å²) in [5, 5.41) is 15.9. The van der Waals surface area contributed by atoms with Gasteiger partial charge in [-0.2, -0.15) is 0 Å². The van der Waals surface area contributed by atoms with Gasteiger partial charge in [0.15, 0.2) is 16.7 Å². The van der Waals surface area contributed by atoms with E-state index < -0.39 is 0 Å². The molecule has 96 heavy (non-hydrogen) atoms. The minimum absolute atomic E-state index is 0.852. The molecule has 0 atom stereocenters. The Morgan fingerprint density at radius 2 is 0.469 bits per heavy atom. The van der Waals surface area contributed by atoms with Crippen LogP contribution in [0.25, 0.3) is 120 Å². The standard InChI is InChI=1S/C52H36N2O2.C38H25NO/c1-33-15-11-17-35(31-33)53(45-27-13-25-43-37-19-7-9-29-47(37)55-51(43)45)49-39-21-3-5-23-41(39)50(42-24-6-4-22-40(42)49)54(36-18-12-16-34(2)32-36)46-28-14-26-44-38-20-8-10-30-48(38)56-52(44)46;1-3-14-26(15-4-1)36-29-19-7-9-21-31(29)37(32-22-10-8-20-30(32)36)39(27-16-5-2-6-17-27)34-24-13-23-33-28-18-11-12-25-35(28)40-38(33)34/h3-32H,1-2H3;1-25H. The van der Waals surface area contributed by atoms with Gasteiger partial charge in [0.05, 0.1) is 34.1 Å². The molecule has 16 aromatic carbocycles. The molecule has 0 spiro atoms. The molecule has 0 aliphatic carbocycles. The van der Waals surface area contributed by atoms with E-state index in [1.165, 1.54) is 43.8 Å². The highest BCUT2D eigenvalue weighted by Gasteiger charge is 2.30. The topological polar surface area (TPSA) is 49.1 Å². The zero-order chi connectivity index (χ0) is 63.8. The van der Waals surface area contributed by atoms with Crippen molar-refractivity contribution in [2.75, 3.05) is 14.7 Å². The molecule has 0 unspecified atom stereocenters. The third-order valence-electron chi connectivity index (χ3n) is 18.9. The summed E-state index contributed by atoms with van der Waals surface area (Å²) in [5.41, 5.74) is 19.6. The highest BCUT2D eigenvalue weighted by molar-refractivity contribution is 6.27. The lowest BCUT2D eigenvalue weighted by atomic mass is 9.90. The molecule has 0 bridgehead atoms. The Bertz CT molecular complexity index is 5890. The van der Waals surface area contributed by atoms with Gasteiger partial charge in [-0.3, -0.25) is 0 Å². The smallest absolute Gasteiger partial charge is 0.159 e. The van der Waals surface area contributed by atoms with Crippen molar-refractivity contribution in [2.24, 2.45) is 0 Å². The Morgan fingerprint density at radius 1 is 0.208 bits per heavy atom. The average molecular weight is 1230 g/mol. The van der Waals surface area contributed by atoms with Gasteiger partial charge >= 0.3 is 0 Å². The quantitative estimate of drug-likeness (QED) is 0.100. The number of furan rings is 3. The van der Waals surface area contributed by atoms with Gasteiger partial charge in [0.2, 0.25) is 0 Å². The molecule has 6 heteroatoms. The van der Waals surface area contributed by atoms with Crippen LogP contribution in [0.3, 0.4) is 0 Å². The maximum absolute atomic E-state index is 6.76. The summed E-state index contributed by atoms with van der Waals surface area (Å²) in [6.45, 7) is 4.31. The lowest BCUT2D eigenvalue weighted by Crippen LogP contribution is -2.15. The van der Waals surface area contributed by atoms with Gasteiger partial charge in [-0.25, -0.2) is 0 Å². The van der Waals surface area contributed by atoms with Crippen LogP contribution in [0.1, 0.15) is 11.1 Å². The molecule has 3 aromatic heterocycles. The summed E-state index contributed by atoms with van der Waals surface area (Å²) < 4.78 is 20.1. The predicted octanol–water partition coefficient (Wildman–Crippen LogP) is 26.4. The zero-order valence-electron chi connectivity index (χ0n) is 52.8. The van der Waals surface area contributed by atoms with Crippen molar-refractivity contribution in [1.29, 1.82) is 0 Å². The molecular weight excluding hydrogens is 1170 g/mol. The fourth-order valence-corrected chi connectivity index (χ4v) is 14.8. The normalized spacial score (nSPS) is 11.6. The van der Waals surface area contributed by atoms with Crippen LogP contribution in [0.4, 0.5) is 51.2 Å². The maximum Gasteiger partial charge on any atom is 0.159 e. The first-order valence-corrected chi connectivity index (χ1v) is 32.7. The molecule has 19 aromatic rings. The highest BCUT2D eigenvalue weighted by atomic mass is 16.3. The van der Waals surface area contributed by atoms with Crippen molar-refractivity contribution in [2.45, 2.75) is 13.8 Å². The summed E-state index contributed by atoms with van der Waals surface area (Å²) >= 11 is 0. The van der Waals surface area contributed by atoms with Gasteiger partial charge < -0.3 is 28.0 Å². The first-order chi connectivity index (χ1) is 47.5.